The fraction of sp³-hybridized carbons (Fsp3) is 0.500. The molecule has 1 fully saturated rings. The Morgan fingerprint density at radius 3 is 2.45 bits per heavy atom. The highest BCUT2D eigenvalue weighted by atomic mass is 127. The number of sulfonamides is 1. The van der Waals surface area contributed by atoms with Crippen molar-refractivity contribution in [2.45, 2.75) is 30.9 Å². The third kappa shape index (κ3) is 6.41. The first-order chi connectivity index (χ1) is 13.1. The predicted molar refractivity (Wildman–Crippen MR) is 109 cm³/mol. The second-order valence-corrected chi connectivity index (χ2v) is 8.04. The van der Waals surface area contributed by atoms with Gasteiger partial charge in [0.1, 0.15) is 5.82 Å². The number of alkyl halides is 3. The van der Waals surface area contributed by atoms with Gasteiger partial charge in [0.25, 0.3) is 0 Å². The van der Waals surface area contributed by atoms with Gasteiger partial charge in [-0.25, -0.2) is 12.8 Å². The molecule has 1 aliphatic heterocycles. The molecule has 2 N–H and O–H groups in total. The zero-order valence-electron chi connectivity index (χ0n) is 15.3. The average molecular weight is 549 g/mol. The number of rotatable bonds is 4. The minimum Gasteiger partial charge on any atom is -0.354 e. The van der Waals surface area contributed by atoms with Gasteiger partial charge in [-0.3, -0.25) is 4.99 Å². The number of halogens is 5. The fourth-order valence-corrected chi connectivity index (χ4v) is 3.70. The van der Waals surface area contributed by atoms with Crippen LogP contribution >= 0.6 is 24.0 Å². The van der Waals surface area contributed by atoms with Gasteiger partial charge in [0.15, 0.2) is 5.96 Å². The molecule has 13 heteroatoms. The summed E-state index contributed by atoms with van der Waals surface area (Å²) in [4.78, 5) is 3.98. The van der Waals surface area contributed by atoms with Gasteiger partial charge in [0, 0.05) is 38.3 Å². The summed E-state index contributed by atoms with van der Waals surface area (Å²) in [6.45, 7) is -0.444. The lowest BCUT2D eigenvalue weighted by molar-refractivity contribution is -0.0494. The van der Waals surface area contributed by atoms with Crippen LogP contribution in [0.3, 0.4) is 0 Å². The summed E-state index contributed by atoms with van der Waals surface area (Å²) in [6.07, 6.45) is 0.336. The van der Waals surface area contributed by atoms with Gasteiger partial charge in [-0.15, -0.1) is 24.0 Å². The molecule has 0 spiro atoms. The predicted octanol–water partition coefficient (Wildman–Crippen LogP) is 2.29. The smallest absolute Gasteiger partial charge is 0.354 e. The topological polar surface area (TPSA) is 97.6 Å². The molecule has 0 saturated carbocycles. The lowest BCUT2D eigenvalue weighted by atomic mass is 10.1. The maximum absolute atomic E-state index is 13.9. The van der Waals surface area contributed by atoms with E-state index >= 15 is 0 Å². The number of aliphatic imine (C=N–C) groups is 1. The Morgan fingerprint density at radius 2 is 1.97 bits per heavy atom. The molecule has 0 aliphatic carbocycles. The summed E-state index contributed by atoms with van der Waals surface area (Å²) in [7, 11) is -3.84. The van der Waals surface area contributed by atoms with E-state index in [4.69, 9.17) is 5.26 Å². The Bertz CT molecular complexity index is 878. The summed E-state index contributed by atoms with van der Waals surface area (Å²) < 4.78 is 75.0. The second kappa shape index (κ2) is 10.4. The first-order valence-electron chi connectivity index (χ1n) is 8.30. The fourth-order valence-electron chi connectivity index (χ4n) is 2.71. The van der Waals surface area contributed by atoms with Crippen LogP contribution in [0.2, 0.25) is 0 Å². The number of nitrogens with one attached hydrogen (secondary N) is 2. The number of guanidine groups is 1. The van der Waals surface area contributed by atoms with E-state index < -0.39 is 21.3 Å². The van der Waals surface area contributed by atoms with Gasteiger partial charge in [0.05, 0.1) is 11.6 Å². The standard InChI is InChI=1S/C16H19F4N5O2S.HI/c1-22-15(23-10-12-3-2-11(9-21)8-14(12)17)24-13-4-6-25(7-5-13)28(26,27)16(18,19)20;/h2-3,8,13H,4-7,10H2,1H3,(H2,22,23,24);1H. The molecule has 162 valence electrons. The molecule has 0 amide bonds. The molecule has 1 aromatic rings. The van der Waals surface area contributed by atoms with Gasteiger partial charge in [0.2, 0.25) is 0 Å². The highest BCUT2D eigenvalue weighted by molar-refractivity contribution is 14.0. The molecule has 0 aromatic heterocycles. The number of nitriles is 1. The van der Waals surface area contributed by atoms with Crippen LogP contribution in [0.4, 0.5) is 17.6 Å². The molecule has 0 bridgehead atoms. The van der Waals surface area contributed by atoms with Crippen molar-refractivity contribution < 1.29 is 26.0 Å². The van der Waals surface area contributed by atoms with Crippen molar-refractivity contribution in [2.24, 2.45) is 4.99 Å². The molecule has 1 heterocycles. The van der Waals surface area contributed by atoms with Crippen LogP contribution < -0.4 is 10.6 Å². The molecule has 0 atom stereocenters. The Labute approximate surface area is 183 Å². The number of hydrogen-bond donors (Lipinski definition) is 2. The molecule has 7 nitrogen and oxygen atoms in total. The number of nitrogens with zero attached hydrogens (tertiary/aromatic N) is 3. The molecule has 29 heavy (non-hydrogen) atoms. The molecule has 1 aliphatic rings. The lowest BCUT2D eigenvalue weighted by Gasteiger charge is -2.32. The minimum absolute atomic E-state index is 0. The number of benzene rings is 1. The first-order valence-corrected chi connectivity index (χ1v) is 9.74. The molecular weight excluding hydrogens is 529 g/mol. The summed E-state index contributed by atoms with van der Waals surface area (Å²) in [6, 6.07) is 5.62. The van der Waals surface area contributed by atoms with Crippen molar-refractivity contribution in [1.29, 1.82) is 5.26 Å². The Kier molecular flexibility index (Phi) is 9.09. The highest BCUT2D eigenvalue weighted by Gasteiger charge is 2.50. The van der Waals surface area contributed by atoms with Crippen LogP contribution in [0.1, 0.15) is 24.0 Å². The van der Waals surface area contributed by atoms with E-state index in [9.17, 15) is 26.0 Å². The number of piperidine rings is 1. The van der Waals surface area contributed by atoms with Gasteiger partial charge in [-0.1, -0.05) is 6.07 Å². The van der Waals surface area contributed by atoms with Gasteiger partial charge >= 0.3 is 15.5 Å². The van der Waals surface area contributed by atoms with Crippen LogP contribution in [-0.4, -0.2) is 50.4 Å². The quantitative estimate of drug-likeness (QED) is 0.260. The third-order valence-corrected chi connectivity index (χ3v) is 5.91. The van der Waals surface area contributed by atoms with Crippen molar-refractivity contribution in [3.05, 3.63) is 35.1 Å². The van der Waals surface area contributed by atoms with E-state index in [1.54, 1.807) is 0 Å². The van der Waals surface area contributed by atoms with Crippen molar-refractivity contribution in [3.8, 4) is 6.07 Å². The maximum Gasteiger partial charge on any atom is 0.511 e. The summed E-state index contributed by atoms with van der Waals surface area (Å²) >= 11 is 0. The van der Waals surface area contributed by atoms with Crippen LogP contribution in [0.5, 0.6) is 0 Å². The van der Waals surface area contributed by atoms with Crippen molar-refractivity contribution in [2.75, 3.05) is 20.1 Å². The van der Waals surface area contributed by atoms with E-state index in [-0.39, 0.29) is 68.1 Å². The summed E-state index contributed by atoms with van der Waals surface area (Å²) in [5, 5.41) is 14.6. The van der Waals surface area contributed by atoms with Crippen LogP contribution in [0.25, 0.3) is 0 Å². The average Bonchev–Trinajstić information content (AvgIpc) is 2.65. The molecule has 1 aromatic carbocycles. The molecular formula is C16H20F4IN5O2S. The Hall–Kier alpha value is -1.66. The van der Waals surface area contributed by atoms with E-state index in [2.05, 4.69) is 15.6 Å². The maximum atomic E-state index is 13.9. The molecule has 0 radical (unpaired) electrons. The van der Waals surface area contributed by atoms with Gasteiger partial charge in [-0.05, 0) is 25.0 Å². The zero-order chi connectivity index (χ0) is 20.9. The van der Waals surface area contributed by atoms with Crippen molar-refractivity contribution >= 4 is 40.0 Å². The van der Waals surface area contributed by atoms with E-state index in [0.717, 1.165) is 6.07 Å². The van der Waals surface area contributed by atoms with Crippen molar-refractivity contribution in [3.63, 3.8) is 0 Å². The minimum atomic E-state index is -5.32. The van der Waals surface area contributed by atoms with E-state index in [1.807, 2.05) is 6.07 Å². The summed E-state index contributed by atoms with van der Waals surface area (Å²) in [5.74, 6) is -0.242. The van der Waals surface area contributed by atoms with Crippen LogP contribution in [0, 0.1) is 17.1 Å². The second-order valence-electron chi connectivity index (χ2n) is 6.11. The van der Waals surface area contributed by atoms with E-state index in [0.29, 0.717) is 15.8 Å². The molecule has 1 saturated heterocycles. The molecule has 2 rings (SSSR count). The first kappa shape index (κ1) is 25.4. The van der Waals surface area contributed by atoms with Gasteiger partial charge in [-0.2, -0.15) is 22.7 Å². The Balaban J connectivity index is 0.00000420. The largest absolute Gasteiger partial charge is 0.511 e. The van der Waals surface area contributed by atoms with Crippen LogP contribution in [0.15, 0.2) is 23.2 Å². The Morgan fingerprint density at radius 1 is 1.34 bits per heavy atom. The van der Waals surface area contributed by atoms with Crippen molar-refractivity contribution in [1.82, 2.24) is 14.9 Å². The zero-order valence-corrected chi connectivity index (χ0v) is 18.5. The van der Waals surface area contributed by atoms with E-state index in [1.165, 1.54) is 19.2 Å². The lowest BCUT2D eigenvalue weighted by Crippen LogP contribution is -2.51. The molecule has 0 unspecified atom stereocenters. The normalized spacial score (nSPS) is 16.6. The highest BCUT2D eigenvalue weighted by Crippen LogP contribution is 2.28. The van der Waals surface area contributed by atoms with Crippen LogP contribution in [-0.2, 0) is 16.6 Å². The summed E-state index contributed by atoms with van der Waals surface area (Å²) in [5.41, 5.74) is -4.80. The van der Waals surface area contributed by atoms with Gasteiger partial charge < -0.3 is 10.6 Å². The SMILES string of the molecule is CN=C(NCc1ccc(C#N)cc1F)NC1CCN(S(=O)(=O)C(F)(F)F)CC1.I. The number of hydrogen-bond acceptors (Lipinski definition) is 4. The third-order valence-electron chi connectivity index (χ3n) is 4.28. The monoisotopic (exact) mass is 549 g/mol.